The van der Waals surface area contributed by atoms with Gasteiger partial charge in [0.15, 0.2) is 17.0 Å². The summed E-state index contributed by atoms with van der Waals surface area (Å²) in [5.41, 5.74) is -2.18. The number of ether oxygens (including phenoxy) is 1. The first kappa shape index (κ1) is 18.6. The number of carbonyl (C=O) groups excluding carboxylic acids is 1. The fraction of sp³-hybridized carbons (Fsp3) is 0.850. The van der Waals surface area contributed by atoms with Gasteiger partial charge in [-0.15, -0.1) is 0 Å². The van der Waals surface area contributed by atoms with E-state index in [4.69, 9.17) is 4.74 Å². The van der Waals surface area contributed by atoms with Crippen LogP contribution in [-0.2, 0) is 9.53 Å². The molecule has 0 aromatic rings. The summed E-state index contributed by atoms with van der Waals surface area (Å²) in [7, 11) is 0. The third-order valence-electron chi connectivity index (χ3n) is 7.81. The van der Waals surface area contributed by atoms with Crippen LogP contribution in [0.4, 0.5) is 0 Å². The first-order valence-corrected chi connectivity index (χ1v) is 9.58. The molecule has 3 fully saturated rings. The Morgan fingerprint density at radius 1 is 1.08 bits per heavy atom. The van der Waals surface area contributed by atoms with Crippen molar-refractivity contribution < 1.29 is 30.0 Å². The molecule has 146 valence electrons. The summed E-state index contributed by atoms with van der Waals surface area (Å²) in [5.74, 6) is -1.55. The average Bonchev–Trinajstić information content (AvgIpc) is 3.37. The number of carbonyl (C=O) groups is 1. The number of hydrogen-bond acceptors (Lipinski definition) is 6. The molecule has 0 spiro atoms. The summed E-state index contributed by atoms with van der Waals surface area (Å²) < 4.78 is 5.89. The van der Waals surface area contributed by atoms with Gasteiger partial charge in [-0.1, -0.05) is 27.7 Å². The minimum absolute atomic E-state index is 0.129. The van der Waals surface area contributed by atoms with E-state index in [0.29, 0.717) is 12.0 Å². The second kappa shape index (κ2) is 5.17. The van der Waals surface area contributed by atoms with E-state index in [2.05, 4.69) is 0 Å². The molecule has 2 saturated carbocycles. The Hall–Kier alpha value is -0.790. The predicted octanol–water partition coefficient (Wildman–Crippen LogP) is 0.415. The van der Waals surface area contributed by atoms with E-state index < -0.39 is 41.5 Å². The SMILES string of the molecule is C/C1=C\[C@@]23O[C@@]2(C[C@H](C)[C@@H]3O)C(=O)[C@@H](C)[C@@H](O)[C@@H]2[C@H]([C@@H](O)[C@@H]1O)C2(C)C. The molecule has 10 atom stereocenters. The van der Waals surface area contributed by atoms with E-state index in [-0.39, 0.29) is 29.0 Å². The topological polar surface area (TPSA) is 111 Å². The molecular formula is C20H30O6. The zero-order valence-electron chi connectivity index (χ0n) is 16.0. The van der Waals surface area contributed by atoms with Gasteiger partial charge >= 0.3 is 0 Å². The maximum Gasteiger partial charge on any atom is 0.173 e. The van der Waals surface area contributed by atoms with Crippen molar-refractivity contribution >= 4 is 5.78 Å². The van der Waals surface area contributed by atoms with Crippen molar-refractivity contribution in [2.24, 2.45) is 29.1 Å². The number of ketones is 1. The fourth-order valence-electron chi connectivity index (χ4n) is 6.07. The summed E-state index contributed by atoms with van der Waals surface area (Å²) in [6, 6.07) is 0. The first-order chi connectivity index (χ1) is 11.9. The second-order valence-electron chi connectivity index (χ2n) is 9.69. The molecule has 1 saturated heterocycles. The van der Waals surface area contributed by atoms with Crippen molar-refractivity contribution in [2.45, 2.75) is 76.7 Å². The normalized spacial score (nSPS) is 60.0. The van der Waals surface area contributed by atoms with E-state index in [1.807, 2.05) is 20.8 Å². The Balaban J connectivity index is 1.82. The molecule has 0 amide bonds. The Morgan fingerprint density at radius 2 is 1.65 bits per heavy atom. The summed E-state index contributed by atoms with van der Waals surface area (Å²) in [6.45, 7) is 9.16. The van der Waals surface area contributed by atoms with Crippen LogP contribution in [0.5, 0.6) is 0 Å². The van der Waals surface area contributed by atoms with Crippen LogP contribution in [0, 0.1) is 29.1 Å². The Bertz CT molecular complexity index is 686. The molecule has 6 heteroatoms. The number of hydrogen-bond donors (Lipinski definition) is 4. The molecule has 1 heterocycles. The molecule has 4 rings (SSSR count). The van der Waals surface area contributed by atoms with Gasteiger partial charge in [0, 0.05) is 5.92 Å². The molecule has 0 radical (unpaired) electrons. The number of aliphatic hydroxyl groups is 4. The standard InChI is InChI=1S/C20H30O6/c1-8-6-19-16(24)9(2)7-20(19,26-19)17(25)10(3)14(22)11-12(18(11,4)5)15(23)13(8)21/h6,9-16,21-24H,7H2,1-5H3/b8-6+/t9-,10-,11-,12+,13+,14+,15+,16-,19-,20-/m0/s1. The van der Waals surface area contributed by atoms with Crippen LogP contribution >= 0.6 is 0 Å². The van der Waals surface area contributed by atoms with Crippen molar-refractivity contribution in [3.05, 3.63) is 11.6 Å². The molecule has 0 bridgehead atoms. The van der Waals surface area contributed by atoms with Crippen molar-refractivity contribution in [1.82, 2.24) is 0 Å². The molecule has 1 aliphatic heterocycles. The van der Waals surface area contributed by atoms with Crippen molar-refractivity contribution in [3.8, 4) is 0 Å². The highest BCUT2D eigenvalue weighted by molar-refractivity contribution is 5.95. The van der Waals surface area contributed by atoms with Crippen LogP contribution in [0.3, 0.4) is 0 Å². The summed E-state index contributed by atoms with van der Waals surface area (Å²) >= 11 is 0. The predicted molar refractivity (Wildman–Crippen MR) is 93.0 cm³/mol. The number of Topliss-reactive ketones (excluding diaryl/α,β-unsaturated/α-hetero) is 1. The van der Waals surface area contributed by atoms with Gasteiger partial charge in [-0.3, -0.25) is 4.79 Å². The van der Waals surface area contributed by atoms with Crippen LogP contribution in [0.25, 0.3) is 0 Å². The fourth-order valence-corrected chi connectivity index (χ4v) is 6.07. The van der Waals surface area contributed by atoms with E-state index in [1.54, 1.807) is 19.9 Å². The quantitative estimate of drug-likeness (QED) is 0.365. The Morgan fingerprint density at radius 3 is 2.27 bits per heavy atom. The number of epoxide rings is 1. The van der Waals surface area contributed by atoms with Gasteiger partial charge in [0.1, 0.15) is 6.10 Å². The van der Waals surface area contributed by atoms with Crippen LogP contribution in [-0.4, -0.2) is 61.8 Å². The highest BCUT2D eigenvalue weighted by Gasteiger charge is 2.82. The molecule has 0 aromatic heterocycles. The Kier molecular flexibility index (Phi) is 3.69. The van der Waals surface area contributed by atoms with E-state index >= 15 is 0 Å². The lowest BCUT2D eigenvalue weighted by atomic mass is 9.81. The van der Waals surface area contributed by atoms with Gasteiger partial charge in [0.2, 0.25) is 0 Å². The molecule has 4 N–H and O–H groups in total. The van der Waals surface area contributed by atoms with E-state index in [0.717, 1.165) is 0 Å². The molecular weight excluding hydrogens is 336 g/mol. The highest BCUT2D eigenvalue weighted by atomic mass is 16.7. The van der Waals surface area contributed by atoms with Gasteiger partial charge in [0.25, 0.3) is 0 Å². The number of rotatable bonds is 0. The third kappa shape index (κ3) is 1.97. The van der Waals surface area contributed by atoms with Crippen LogP contribution in [0.2, 0.25) is 0 Å². The lowest BCUT2D eigenvalue weighted by Gasteiger charge is -2.23. The smallest absolute Gasteiger partial charge is 0.173 e. The molecule has 4 aliphatic rings. The second-order valence-corrected chi connectivity index (χ2v) is 9.69. The zero-order chi connectivity index (χ0) is 19.4. The molecule has 6 nitrogen and oxygen atoms in total. The lowest BCUT2D eigenvalue weighted by Crippen LogP contribution is -2.41. The molecule has 3 aliphatic carbocycles. The van der Waals surface area contributed by atoms with Crippen molar-refractivity contribution in [1.29, 1.82) is 0 Å². The number of aliphatic hydroxyl groups excluding tert-OH is 4. The molecule has 0 aromatic carbocycles. The monoisotopic (exact) mass is 366 g/mol. The largest absolute Gasteiger partial charge is 0.392 e. The Labute approximate surface area is 153 Å². The van der Waals surface area contributed by atoms with Crippen molar-refractivity contribution in [3.63, 3.8) is 0 Å². The summed E-state index contributed by atoms with van der Waals surface area (Å²) in [4.78, 5) is 13.3. The van der Waals surface area contributed by atoms with Gasteiger partial charge in [0.05, 0.1) is 18.3 Å². The maximum absolute atomic E-state index is 13.3. The van der Waals surface area contributed by atoms with Crippen LogP contribution in [0.15, 0.2) is 11.6 Å². The lowest BCUT2D eigenvalue weighted by molar-refractivity contribution is -0.132. The van der Waals surface area contributed by atoms with Gasteiger partial charge in [-0.25, -0.2) is 0 Å². The van der Waals surface area contributed by atoms with Gasteiger partial charge in [-0.2, -0.15) is 0 Å². The van der Waals surface area contributed by atoms with Crippen LogP contribution in [0.1, 0.15) is 41.0 Å². The van der Waals surface area contributed by atoms with Crippen LogP contribution < -0.4 is 0 Å². The van der Waals surface area contributed by atoms with Gasteiger partial charge < -0.3 is 25.2 Å². The van der Waals surface area contributed by atoms with Crippen molar-refractivity contribution in [2.75, 3.05) is 0 Å². The van der Waals surface area contributed by atoms with E-state index in [9.17, 15) is 25.2 Å². The molecule has 0 unspecified atom stereocenters. The van der Waals surface area contributed by atoms with E-state index in [1.165, 1.54) is 0 Å². The van der Waals surface area contributed by atoms with Gasteiger partial charge in [-0.05, 0) is 48.2 Å². The maximum atomic E-state index is 13.3. The zero-order valence-corrected chi connectivity index (χ0v) is 16.0. The first-order valence-electron chi connectivity index (χ1n) is 9.58. The average molecular weight is 366 g/mol. The molecule has 26 heavy (non-hydrogen) atoms. The number of fused-ring (bicyclic) bond motifs is 1. The third-order valence-corrected chi connectivity index (χ3v) is 7.81. The summed E-state index contributed by atoms with van der Waals surface area (Å²) in [5, 5.41) is 43.0. The minimum Gasteiger partial charge on any atom is -0.392 e. The minimum atomic E-state index is -1.16. The highest BCUT2D eigenvalue weighted by Crippen LogP contribution is 2.67. The summed E-state index contributed by atoms with van der Waals surface area (Å²) in [6.07, 6.45) is -1.92.